The van der Waals surface area contributed by atoms with Crippen molar-refractivity contribution in [3.63, 3.8) is 0 Å². The van der Waals surface area contributed by atoms with E-state index in [4.69, 9.17) is 0 Å². The van der Waals surface area contributed by atoms with Gasteiger partial charge in [0.25, 0.3) is 0 Å². The van der Waals surface area contributed by atoms with E-state index < -0.39 is 0 Å². The van der Waals surface area contributed by atoms with E-state index in [1.54, 1.807) is 0 Å². The fourth-order valence-electron chi connectivity index (χ4n) is 1.63. The number of hydrogen-bond acceptors (Lipinski definition) is 2. The topological polar surface area (TPSA) is 26.3 Å². The first kappa shape index (κ1) is 11.8. The number of carbonyl (C=O) groups excluding carboxylic acids is 1. The summed E-state index contributed by atoms with van der Waals surface area (Å²) in [6.07, 6.45) is 2.47. The Balaban J connectivity index is 2.50. The van der Waals surface area contributed by atoms with Gasteiger partial charge in [0, 0.05) is 6.42 Å². The van der Waals surface area contributed by atoms with Crippen molar-refractivity contribution >= 4 is 5.97 Å². The largest absolute Gasteiger partial charge is 0.469 e. The van der Waals surface area contributed by atoms with Gasteiger partial charge in [-0.1, -0.05) is 43.7 Å². The Kier molecular flexibility index (Phi) is 4.88. The second-order valence-corrected chi connectivity index (χ2v) is 3.74. The zero-order valence-corrected chi connectivity index (χ0v) is 9.40. The van der Waals surface area contributed by atoms with E-state index in [0.29, 0.717) is 12.3 Å². The van der Waals surface area contributed by atoms with Gasteiger partial charge in [-0.2, -0.15) is 0 Å². The zero-order chi connectivity index (χ0) is 11.1. The molecule has 2 heteroatoms. The lowest BCUT2D eigenvalue weighted by atomic mass is 9.94. The van der Waals surface area contributed by atoms with Crippen LogP contribution in [0.4, 0.5) is 0 Å². The summed E-state index contributed by atoms with van der Waals surface area (Å²) in [7, 11) is 1.44. The third-order valence-corrected chi connectivity index (χ3v) is 2.63. The Morgan fingerprint density at radius 3 is 2.53 bits per heavy atom. The number of esters is 1. The smallest absolute Gasteiger partial charge is 0.305 e. The number of rotatable bonds is 5. The number of benzene rings is 1. The third kappa shape index (κ3) is 4.15. The molecule has 0 radical (unpaired) electrons. The van der Waals surface area contributed by atoms with Crippen LogP contribution in [0.2, 0.25) is 0 Å². The van der Waals surface area contributed by atoms with E-state index in [1.165, 1.54) is 12.7 Å². The molecule has 1 atom stereocenters. The molecule has 2 nitrogen and oxygen atoms in total. The molecule has 1 aromatic carbocycles. The van der Waals surface area contributed by atoms with Gasteiger partial charge in [0.05, 0.1) is 7.11 Å². The summed E-state index contributed by atoms with van der Waals surface area (Å²) in [5.41, 5.74) is 1.29. The standard InChI is InChI=1S/C13H18O2/c1-3-11(10-13(14)15-2)9-12-7-5-4-6-8-12/h4-8,11H,3,9-10H2,1-2H3/t11-/m1/s1. The number of hydrogen-bond donors (Lipinski definition) is 0. The molecule has 82 valence electrons. The first-order valence-electron chi connectivity index (χ1n) is 5.37. The van der Waals surface area contributed by atoms with Crippen molar-refractivity contribution in [1.29, 1.82) is 0 Å². The molecular weight excluding hydrogens is 188 g/mol. The van der Waals surface area contributed by atoms with Gasteiger partial charge in [-0.3, -0.25) is 4.79 Å². The van der Waals surface area contributed by atoms with Crippen LogP contribution in [0, 0.1) is 5.92 Å². The highest BCUT2D eigenvalue weighted by Crippen LogP contribution is 2.16. The minimum absolute atomic E-state index is 0.113. The van der Waals surface area contributed by atoms with E-state index in [0.717, 1.165) is 12.8 Å². The first-order chi connectivity index (χ1) is 7.26. The van der Waals surface area contributed by atoms with E-state index in [2.05, 4.69) is 23.8 Å². The summed E-state index contributed by atoms with van der Waals surface area (Å²) >= 11 is 0. The van der Waals surface area contributed by atoms with Crippen molar-refractivity contribution in [3.8, 4) is 0 Å². The van der Waals surface area contributed by atoms with Crippen molar-refractivity contribution in [2.24, 2.45) is 5.92 Å². The van der Waals surface area contributed by atoms with Crippen LogP contribution in [0.5, 0.6) is 0 Å². The van der Waals surface area contributed by atoms with Crippen molar-refractivity contribution in [2.45, 2.75) is 26.2 Å². The number of methoxy groups -OCH3 is 1. The second kappa shape index (κ2) is 6.23. The van der Waals surface area contributed by atoms with Crippen molar-refractivity contribution < 1.29 is 9.53 Å². The molecule has 1 rings (SSSR count). The maximum Gasteiger partial charge on any atom is 0.305 e. The SMILES string of the molecule is CC[C@@H](CC(=O)OC)Cc1ccccc1. The molecule has 0 heterocycles. The molecule has 0 unspecified atom stereocenters. The highest BCUT2D eigenvalue weighted by Gasteiger charge is 2.12. The van der Waals surface area contributed by atoms with Crippen LogP contribution in [-0.4, -0.2) is 13.1 Å². The Morgan fingerprint density at radius 2 is 2.00 bits per heavy atom. The van der Waals surface area contributed by atoms with Gasteiger partial charge in [-0.05, 0) is 17.9 Å². The Morgan fingerprint density at radius 1 is 1.33 bits per heavy atom. The van der Waals surface area contributed by atoms with Gasteiger partial charge in [0.2, 0.25) is 0 Å². The third-order valence-electron chi connectivity index (χ3n) is 2.63. The molecular formula is C13H18O2. The molecule has 0 aliphatic rings. The van der Waals surface area contributed by atoms with Crippen LogP contribution in [0.15, 0.2) is 30.3 Å². The molecule has 15 heavy (non-hydrogen) atoms. The molecule has 1 aromatic rings. The summed E-state index contributed by atoms with van der Waals surface area (Å²) in [5.74, 6) is 0.276. The fourth-order valence-corrected chi connectivity index (χ4v) is 1.63. The molecule has 0 fully saturated rings. The molecule has 0 N–H and O–H groups in total. The van der Waals surface area contributed by atoms with Crippen LogP contribution in [0.1, 0.15) is 25.3 Å². The minimum atomic E-state index is -0.113. The van der Waals surface area contributed by atoms with E-state index >= 15 is 0 Å². The Labute approximate surface area is 91.3 Å². The quantitative estimate of drug-likeness (QED) is 0.692. The van der Waals surface area contributed by atoms with Crippen molar-refractivity contribution in [3.05, 3.63) is 35.9 Å². The lowest BCUT2D eigenvalue weighted by Gasteiger charge is -2.13. The Hall–Kier alpha value is -1.31. The fraction of sp³-hybridized carbons (Fsp3) is 0.462. The van der Waals surface area contributed by atoms with Crippen LogP contribution in [0.25, 0.3) is 0 Å². The van der Waals surface area contributed by atoms with Crippen LogP contribution in [-0.2, 0) is 16.0 Å². The number of carbonyl (C=O) groups is 1. The molecule has 0 saturated carbocycles. The van der Waals surface area contributed by atoms with Crippen LogP contribution < -0.4 is 0 Å². The molecule has 0 aromatic heterocycles. The maximum absolute atomic E-state index is 11.1. The summed E-state index contributed by atoms with van der Waals surface area (Å²) in [4.78, 5) is 11.1. The first-order valence-corrected chi connectivity index (χ1v) is 5.37. The summed E-state index contributed by atoms with van der Waals surface area (Å²) in [6.45, 7) is 2.11. The van der Waals surface area contributed by atoms with Crippen LogP contribution >= 0.6 is 0 Å². The summed E-state index contributed by atoms with van der Waals surface area (Å²) < 4.78 is 4.68. The average molecular weight is 206 g/mol. The second-order valence-electron chi connectivity index (χ2n) is 3.74. The maximum atomic E-state index is 11.1. The summed E-state index contributed by atoms with van der Waals surface area (Å²) in [5, 5.41) is 0. The predicted molar refractivity (Wildman–Crippen MR) is 60.6 cm³/mol. The molecule has 0 amide bonds. The molecule has 0 saturated heterocycles. The Bertz CT molecular complexity index is 293. The average Bonchev–Trinajstić information content (AvgIpc) is 2.29. The van der Waals surface area contributed by atoms with E-state index in [1.807, 2.05) is 18.2 Å². The van der Waals surface area contributed by atoms with Gasteiger partial charge in [0.15, 0.2) is 0 Å². The van der Waals surface area contributed by atoms with Gasteiger partial charge in [-0.25, -0.2) is 0 Å². The molecule has 0 spiro atoms. The van der Waals surface area contributed by atoms with Gasteiger partial charge >= 0.3 is 5.97 Å². The van der Waals surface area contributed by atoms with E-state index in [-0.39, 0.29) is 5.97 Å². The normalized spacial score (nSPS) is 12.1. The highest BCUT2D eigenvalue weighted by molar-refractivity contribution is 5.69. The van der Waals surface area contributed by atoms with Crippen molar-refractivity contribution in [1.82, 2.24) is 0 Å². The van der Waals surface area contributed by atoms with E-state index in [9.17, 15) is 4.79 Å². The predicted octanol–water partition coefficient (Wildman–Crippen LogP) is 2.82. The van der Waals surface area contributed by atoms with Gasteiger partial charge in [-0.15, -0.1) is 0 Å². The minimum Gasteiger partial charge on any atom is -0.469 e. The van der Waals surface area contributed by atoms with Gasteiger partial charge < -0.3 is 4.74 Å². The number of ether oxygens (including phenoxy) is 1. The molecule has 0 aliphatic heterocycles. The monoisotopic (exact) mass is 206 g/mol. The molecule has 0 bridgehead atoms. The summed E-state index contributed by atoms with van der Waals surface area (Å²) in [6, 6.07) is 10.3. The van der Waals surface area contributed by atoms with Gasteiger partial charge in [0.1, 0.15) is 0 Å². The van der Waals surface area contributed by atoms with Crippen molar-refractivity contribution in [2.75, 3.05) is 7.11 Å². The molecule has 0 aliphatic carbocycles. The lowest BCUT2D eigenvalue weighted by Crippen LogP contribution is -2.11. The zero-order valence-electron chi connectivity index (χ0n) is 9.40. The highest BCUT2D eigenvalue weighted by atomic mass is 16.5. The van der Waals surface area contributed by atoms with Crippen LogP contribution in [0.3, 0.4) is 0 Å². The lowest BCUT2D eigenvalue weighted by molar-refractivity contribution is -0.141.